The van der Waals surface area contributed by atoms with E-state index in [-0.39, 0.29) is 55.5 Å². The molecular formula is C29H32ClF3N6O4. The number of fused-ring (bicyclic) bond motifs is 3. The minimum absolute atomic E-state index is 0.0733. The van der Waals surface area contributed by atoms with E-state index in [1.807, 2.05) is 31.7 Å². The van der Waals surface area contributed by atoms with Gasteiger partial charge in [0.25, 0.3) is 5.92 Å². The molecule has 2 spiro atoms. The Morgan fingerprint density at radius 2 is 1.98 bits per heavy atom. The highest BCUT2D eigenvalue weighted by Crippen LogP contribution is 2.69. The monoisotopic (exact) mass is 620 g/mol. The molecule has 1 unspecified atom stereocenters. The van der Waals surface area contributed by atoms with Gasteiger partial charge in [-0.15, -0.1) is 0 Å². The number of nitrogens with zero attached hydrogens (tertiary/aromatic N) is 6. The summed E-state index contributed by atoms with van der Waals surface area (Å²) in [6, 6.07) is -0.0733. The highest BCUT2D eigenvalue weighted by atomic mass is 35.5. The van der Waals surface area contributed by atoms with Gasteiger partial charge in [0.2, 0.25) is 5.88 Å². The molecule has 9 rings (SSSR count). The number of amides is 1. The van der Waals surface area contributed by atoms with Crippen molar-refractivity contribution in [3.8, 4) is 11.9 Å². The molecule has 14 heteroatoms. The number of halogens is 4. The van der Waals surface area contributed by atoms with Gasteiger partial charge in [-0.05, 0) is 53.0 Å². The molecule has 230 valence electrons. The Kier molecular flexibility index (Phi) is 5.47. The summed E-state index contributed by atoms with van der Waals surface area (Å²) in [6.45, 7) is 7.31. The van der Waals surface area contributed by atoms with Gasteiger partial charge >= 0.3 is 12.1 Å². The molecular weight excluding hydrogens is 589 g/mol. The molecule has 2 aromatic rings. The number of hydrogen-bond acceptors (Lipinski definition) is 9. The fraction of sp³-hybridized carbons (Fsp3) is 0.655. The van der Waals surface area contributed by atoms with Crippen LogP contribution in [0.15, 0.2) is 11.8 Å². The molecule has 6 aliphatic heterocycles. The van der Waals surface area contributed by atoms with Crippen molar-refractivity contribution in [3.63, 3.8) is 0 Å². The summed E-state index contributed by atoms with van der Waals surface area (Å²) in [5.74, 6) is -3.02. The Balaban J connectivity index is 1.16. The van der Waals surface area contributed by atoms with Gasteiger partial charge < -0.3 is 19.1 Å². The molecule has 10 nitrogen and oxygen atoms in total. The van der Waals surface area contributed by atoms with Crippen LogP contribution in [0.1, 0.15) is 52.9 Å². The summed E-state index contributed by atoms with van der Waals surface area (Å²) < 4.78 is 62.3. The molecule has 4 fully saturated rings. The molecule has 1 amide bonds. The first-order valence-corrected chi connectivity index (χ1v) is 15.0. The summed E-state index contributed by atoms with van der Waals surface area (Å²) in [5.41, 5.74) is -2.32. The van der Waals surface area contributed by atoms with Crippen LogP contribution in [0.4, 0.5) is 23.8 Å². The van der Waals surface area contributed by atoms with Gasteiger partial charge in [-0.3, -0.25) is 9.80 Å². The van der Waals surface area contributed by atoms with Gasteiger partial charge in [-0.1, -0.05) is 17.7 Å². The molecule has 8 heterocycles. The van der Waals surface area contributed by atoms with Crippen molar-refractivity contribution in [2.75, 3.05) is 44.3 Å². The second kappa shape index (κ2) is 8.56. The zero-order valence-electron chi connectivity index (χ0n) is 24.2. The van der Waals surface area contributed by atoms with Crippen LogP contribution >= 0.6 is 11.6 Å². The first-order chi connectivity index (χ1) is 20.2. The van der Waals surface area contributed by atoms with Crippen LogP contribution in [0.2, 0.25) is 5.15 Å². The highest BCUT2D eigenvalue weighted by molar-refractivity contribution is 6.30. The van der Waals surface area contributed by atoms with Crippen molar-refractivity contribution in [1.29, 1.82) is 0 Å². The lowest BCUT2D eigenvalue weighted by atomic mass is 9.84. The minimum atomic E-state index is -2.65. The van der Waals surface area contributed by atoms with E-state index in [1.54, 1.807) is 4.90 Å². The van der Waals surface area contributed by atoms with Crippen LogP contribution < -0.4 is 14.4 Å². The maximum absolute atomic E-state index is 15.5. The Morgan fingerprint density at radius 3 is 2.72 bits per heavy atom. The van der Waals surface area contributed by atoms with Gasteiger partial charge in [0.1, 0.15) is 35.5 Å². The van der Waals surface area contributed by atoms with Crippen molar-refractivity contribution >= 4 is 34.4 Å². The third kappa shape index (κ3) is 3.95. The summed E-state index contributed by atoms with van der Waals surface area (Å²) in [5, 5.41) is -0.133. The largest absolute Gasteiger partial charge is 0.474 e. The number of alkyl halides is 2. The van der Waals surface area contributed by atoms with Crippen molar-refractivity contribution in [3.05, 3.63) is 22.7 Å². The zero-order valence-corrected chi connectivity index (χ0v) is 24.9. The van der Waals surface area contributed by atoms with Crippen molar-refractivity contribution in [2.24, 2.45) is 5.41 Å². The van der Waals surface area contributed by atoms with Crippen LogP contribution in [0.25, 0.3) is 10.9 Å². The predicted octanol–water partition coefficient (Wildman–Crippen LogP) is 4.94. The van der Waals surface area contributed by atoms with Crippen LogP contribution in [0.3, 0.4) is 0 Å². The quantitative estimate of drug-likeness (QED) is 0.443. The second-order valence-corrected chi connectivity index (χ2v) is 14.4. The zero-order chi connectivity index (χ0) is 30.2. The maximum atomic E-state index is 15.5. The Hall–Kier alpha value is -3.06. The van der Waals surface area contributed by atoms with Crippen molar-refractivity contribution in [1.82, 2.24) is 24.8 Å². The van der Waals surface area contributed by atoms with Crippen LogP contribution in [0, 0.1) is 11.2 Å². The molecule has 1 aliphatic carbocycles. The summed E-state index contributed by atoms with van der Waals surface area (Å²) in [4.78, 5) is 32.2. The van der Waals surface area contributed by atoms with Gasteiger partial charge in [0.05, 0.1) is 29.6 Å². The molecule has 2 aromatic heterocycles. The summed E-state index contributed by atoms with van der Waals surface area (Å²) in [7, 11) is 0. The number of aromatic nitrogens is 3. The number of anilines is 1. The minimum Gasteiger partial charge on any atom is -0.474 e. The predicted molar refractivity (Wildman–Crippen MR) is 149 cm³/mol. The Bertz CT molecular complexity index is 1620. The third-order valence-corrected chi connectivity index (χ3v) is 10.3. The molecule has 0 aromatic carbocycles. The van der Waals surface area contributed by atoms with Crippen LogP contribution in [-0.4, -0.2) is 92.8 Å². The van der Waals surface area contributed by atoms with Crippen molar-refractivity contribution < 1.29 is 32.2 Å². The topological polar surface area (TPSA) is 93.2 Å². The molecule has 43 heavy (non-hydrogen) atoms. The fourth-order valence-electron chi connectivity index (χ4n) is 7.83. The summed E-state index contributed by atoms with van der Waals surface area (Å²) in [6.07, 6.45) is 3.95. The van der Waals surface area contributed by atoms with E-state index < -0.39 is 45.1 Å². The number of ether oxygens (including phenoxy) is 3. The lowest BCUT2D eigenvalue weighted by molar-refractivity contribution is 0.0184. The molecule has 3 saturated heterocycles. The normalized spacial score (nSPS) is 31.9. The number of rotatable bonds is 3. The molecule has 1 saturated carbocycles. The van der Waals surface area contributed by atoms with Gasteiger partial charge in [0, 0.05) is 18.7 Å². The SMILES string of the molecule is CC(C)(C)OC(=O)N1C[C@@]23CC=C1CN2c1nc(OC[C@@]24CCCN2CC2(CC2(F)F)C4)nc2c(F)c(Cl)nc(c12)OC3. The van der Waals surface area contributed by atoms with E-state index >= 15 is 4.39 Å². The van der Waals surface area contributed by atoms with E-state index in [1.165, 1.54) is 0 Å². The molecule has 3 atom stereocenters. The number of piperazine rings is 1. The number of hydrogen-bond donors (Lipinski definition) is 0. The van der Waals surface area contributed by atoms with E-state index in [0.717, 1.165) is 25.1 Å². The molecule has 0 radical (unpaired) electrons. The van der Waals surface area contributed by atoms with Crippen molar-refractivity contribution in [2.45, 2.75) is 75.5 Å². The first-order valence-electron chi connectivity index (χ1n) is 14.7. The average molecular weight is 621 g/mol. The molecule has 7 aliphatic rings. The lowest BCUT2D eigenvalue weighted by Gasteiger charge is -2.53. The number of pyridine rings is 1. The number of carbonyl (C=O) groups excluding carboxylic acids is 1. The van der Waals surface area contributed by atoms with Gasteiger partial charge in [-0.2, -0.15) is 15.0 Å². The third-order valence-electron chi connectivity index (χ3n) is 10.0. The van der Waals surface area contributed by atoms with Gasteiger partial charge in [0.15, 0.2) is 11.0 Å². The Morgan fingerprint density at radius 1 is 1.19 bits per heavy atom. The second-order valence-electron chi connectivity index (χ2n) is 14.0. The highest BCUT2D eigenvalue weighted by Gasteiger charge is 2.77. The van der Waals surface area contributed by atoms with Gasteiger partial charge in [-0.25, -0.2) is 18.0 Å². The first kappa shape index (κ1) is 27.5. The van der Waals surface area contributed by atoms with Crippen LogP contribution in [-0.2, 0) is 4.74 Å². The number of carbonyl (C=O) groups is 1. The average Bonchev–Trinajstić information content (AvgIpc) is 3.16. The summed E-state index contributed by atoms with van der Waals surface area (Å²) >= 11 is 6.19. The van der Waals surface area contributed by atoms with E-state index in [2.05, 4.69) is 14.9 Å². The molecule has 0 N–H and O–H groups in total. The fourth-order valence-corrected chi connectivity index (χ4v) is 7.99. The standard InChI is InChI=1S/C29H32ClF3N6O4/c1-25(2,3)43-24(40)38-13-28-7-5-16(38)9-39(28)21-17-19(18(31)20(30)35-22(17)41-15-28)34-23(36-21)42-14-27-6-4-8-37(27)12-26(10-27)11-29(26,32)33/h5H,4,6-15H2,1-3H3/t26?,27-,28+/m0/s1. The smallest absolute Gasteiger partial charge is 0.414 e. The van der Waals surface area contributed by atoms with Crippen LogP contribution in [0.5, 0.6) is 11.9 Å². The maximum Gasteiger partial charge on any atom is 0.414 e. The van der Waals surface area contributed by atoms with E-state index in [0.29, 0.717) is 25.2 Å². The molecule has 2 bridgehead atoms. The Labute approximate surface area is 251 Å². The van der Waals surface area contributed by atoms with E-state index in [4.69, 9.17) is 30.8 Å². The lowest BCUT2D eigenvalue weighted by Crippen LogP contribution is -2.67. The van der Waals surface area contributed by atoms with E-state index in [9.17, 15) is 13.6 Å².